The van der Waals surface area contributed by atoms with E-state index in [1.165, 1.54) is 6.92 Å². The Kier molecular flexibility index (Phi) is 5.39. The molecular weight excluding hydrogens is 300 g/mol. The summed E-state index contributed by atoms with van der Waals surface area (Å²) in [5.74, 6) is -0.823. The van der Waals surface area contributed by atoms with Gasteiger partial charge in [0.25, 0.3) is 5.69 Å². The number of unbranched alkanes of at least 4 members (excludes halogenated alkanes) is 1. The molecule has 0 atom stereocenters. The fourth-order valence-corrected chi connectivity index (χ4v) is 2.49. The van der Waals surface area contributed by atoms with Gasteiger partial charge in [-0.2, -0.15) is 0 Å². The predicted molar refractivity (Wildman–Crippen MR) is 74.4 cm³/mol. The van der Waals surface area contributed by atoms with Gasteiger partial charge < -0.3 is 4.74 Å². The van der Waals surface area contributed by atoms with Gasteiger partial charge in [-0.25, -0.2) is 18.4 Å². The summed E-state index contributed by atoms with van der Waals surface area (Å²) in [5.41, 5.74) is -0.830. The van der Waals surface area contributed by atoms with Crippen molar-refractivity contribution in [1.82, 2.24) is 0 Å². The normalized spacial score (nSPS) is 11.2. The van der Waals surface area contributed by atoms with Crippen LogP contribution < -0.4 is 5.14 Å². The summed E-state index contributed by atoms with van der Waals surface area (Å²) in [5, 5.41) is 16.0. The number of hydrogen-bond donors (Lipinski definition) is 1. The number of nitrogens with two attached hydrogens (primary N) is 1. The van der Waals surface area contributed by atoms with E-state index in [1.807, 2.05) is 6.92 Å². The number of nitro groups is 1. The predicted octanol–water partition coefficient (Wildman–Crippen LogP) is 1.51. The van der Waals surface area contributed by atoms with E-state index >= 15 is 0 Å². The fraction of sp³-hybridized carbons (Fsp3) is 0.417. The Morgan fingerprint density at radius 2 is 2.05 bits per heavy atom. The molecule has 0 aliphatic rings. The van der Waals surface area contributed by atoms with E-state index in [0.29, 0.717) is 6.42 Å². The fourth-order valence-electron chi connectivity index (χ4n) is 1.67. The molecule has 0 saturated carbocycles. The zero-order valence-electron chi connectivity index (χ0n) is 11.7. The maximum atomic E-state index is 11.8. The Hall–Kier alpha value is -2.00. The van der Waals surface area contributed by atoms with Gasteiger partial charge in [-0.3, -0.25) is 10.1 Å². The molecule has 1 rings (SSSR count). The first kappa shape index (κ1) is 17.1. The molecule has 0 unspecified atom stereocenters. The number of esters is 1. The third-order valence-corrected chi connectivity index (χ3v) is 3.84. The highest BCUT2D eigenvalue weighted by atomic mass is 32.2. The number of hydrogen-bond acceptors (Lipinski definition) is 6. The number of carbonyl (C=O) groups is 1. The van der Waals surface area contributed by atoms with E-state index in [0.717, 1.165) is 18.6 Å². The molecule has 1 aromatic rings. The molecule has 0 aliphatic heterocycles. The Bertz CT molecular complexity index is 669. The quantitative estimate of drug-likeness (QED) is 0.366. The first-order valence-electron chi connectivity index (χ1n) is 6.17. The van der Waals surface area contributed by atoms with E-state index in [4.69, 9.17) is 9.88 Å². The highest BCUT2D eigenvalue weighted by Crippen LogP contribution is 2.27. The Labute approximate surface area is 122 Å². The topological polar surface area (TPSA) is 130 Å². The van der Waals surface area contributed by atoms with Crippen molar-refractivity contribution in [2.75, 3.05) is 6.61 Å². The lowest BCUT2D eigenvalue weighted by Gasteiger charge is -2.08. The molecule has 0 saturated heterocycles. The number of nitrogens with zero attached hydrogens (tertiary/aromatic N) is 1. The van der Waals surface area contributed by atoms with Crippen LogP contribution in [-0.2, 0) is 14.8 Å². The molecule has 0 bridgehead atoms. The summed E-state index contributed by atoms with van der Waals surface area (Å²) >= 11 is 0. The molecule has 0 radical (unpaired) electrons. The molecule has 0 aromatic heterocycles. The van der Waals surface area contributed by atoms with E-state index in [9.17, 15) is 23.3 Å². The summed E-state index contributed by atoms with van der Waals surface area (Å²) in [6.07, 6.45) is 1.45. The standard InChI is InChI=1S/C12H16N2O6S/c1-3-4-5-20-12(15)9-6-10(14(16)17)8(2)11(7-9)21(13,18)19/h6-7H,3-5H2,1-2H3,(H2,13,18,19). The molecule has 2 N–H and O–H groups in total. The van der Waals surface area contributed by atoms with Gasteiger partial charge in [0.2, 0.25) is 10.0 Å². The van der Waals surface area contributed by atoms with Crippen LogP contribution >= 0.6 is 0 Å². The van der Waals surface area contributed by atoms with Crippen LogP contribution in [0.15, 0.2) is 17.0 Å². The molecule has 0 heterocycles. The molecule has 8 nitrogen and oxygen atoms in total. The first-order chi connectivity index (χ1) is 9.68. The van der Waals surface area contributed by atoms with Crippen molar-refractivity contribution in [3.8, 4) is 0 Å². The average molecular weight is 316 g/mol. The second-order valence-electron chi connectivity index (χ2n) is 4.41. The van der Waals surface area contributed by atoms with Crippen molar-refractivity contribution < 1.29 is 22.9 Å². The number of primary sulfonamides is 1. The monoisotopic (exact) mass is 316 g/mol. The smallest absolute Gasteiger partial charge is 0.338 e. The molecule has 1 aromatic carbocycles. The van der Waals surface area contributed by atoms with Gasteiger partial charge in [-0.05, 0) is 19.4 Å². The summed E-state index contributed by atoms with van der Waals surface area (Å²) < 4.78 is 27.8. The van der Waals surface area contributed by atoms with Crippen LogP contribution in [0.3, 0.4) is 0 Å². The van der Waals surface area contributed by atoms with Crippen molar-refractivity contribution >= 4 is 21.7 Å². The maximum Gasteiger partial charge on any atom is 0.338 e. The molecule has 0 spiro atoms. The zero-order chi connectivity index (χ0) is 16.2. The largest absolute Gasteiger partial charge is 0.462 e. The van der Waals surface area contributed by atoms with Crippen molar-refractivity contribution in [3.05, 3.63) is 33.4 Å². The Morgan fingerprint density at radius 3 is 2.52 bits per heavy atom. The van der Waals surface area contributed by atoms with Gasteiger partial charge in [0.15, 0.2) is 0 Å². The first-order valence-corrected chi connectivity index (χ1v) is 7.72. The van der Waals surface area contributed by atoms with Crippen molar-refractivity contribution in [1.29, 1.82) is 0 Å². The minimum absolute atomic E-state index is 0.118. The van der Waals surface area contributed by atoms with Crippen molar-refractivity contribution in [2.24, 2.45) is 5.14 Å². The van der Waals surface area contributed by atoms with Gasteiger partial charge in [0.1, 0.15) is 0 Å². The molecule has 116 valence electrons. The molecule has 9 heteroatoms. The van der Waals surface area contributed by atoms with E-state index < -0.39 is 31.5 Å². The van der Waals surface area contributed by atoms with Gasteiger partial charge in [0, 0.05) is 11.6 Å². The molecule has 0 amide bonds. The van der Waals surface area contributed by atoms with Gasteiger partial charge in [-0.1, -0.05) is 13.3 Å². The highest BCUT2D eigenvalue weighted by molar-refractivity contribution is 7.89. The summed E-state index contributed by atoms with van der Waals surface area (Å²) in [6.45, 7) is 3.31. The third kappa shape index (κ3) is 4.23. The van der Waals surface area contributed by atoms with Crippen LogP contribution in [0, 0.1) is 17.0 Å². The average Bonchev–Trinajstić information content (AvgIpc) is 2.37. The molecule has 21 heavy (non-hydrogen) atoms. The SMILES string of the molecule is CCCCOC(=O)c1cc([N+](=O)[O-])c(C)c(S(N)(=O)=O)c1. The molecule has 0 aliphatic carbocycles. The number of sulfonamides is 1. The van der Waals surface area contributed by atoms with Crippen LogP contribution in [-0.4, -0.2) is 25.9 Å². The minimum Gasteiger partial charge on any atom is -0.462 e. The van der Waals surface area contributed by atoms with Crippen LogP contribution in [0.1, 0.15) is 35.7 Å². The summed E-state index contributed by atoms with van der Waals surface area (Å²) in [4.78, 5) is 21.5. The number of benzene rings is 1. The van der Waals surface area contributed by atoms with Gasteiger partial charge >= 0.3 is 5.97 Å². The molecule has 0 fully saturated rings. The minimum atomic E-state index is -4.18. The Morgan fingerprint density at radius 1 is 1.43 bits per heavy atom. The second kappa shape index (κ2) is 6.64. The second-order valence-corrected chi connectivity index (χ2v) is 5.94. The number of ether oxygens (including phenoxy) is 1. The lowest BCUT2D eigenvalue weighted by Crippen LogP contribution is -2.16. The highest BCUT2D eigenvalue weighted by Gasteiger charge is 2.24. The number of nitro benzene ring substituents is 1. The van der Waals surface area contributed by atoms with Crippen LogP contribution in [0.4, 0.5) is 5.69 Å². The van der Waals surface area contributed by atoms with E-state index in [-0.39, 0.29) is 17.7 Å². The molecular formula is C12H16N2O6S. The lowest BCUT2D eigenvalue weighted by atomic mass is 10.1. The van der Waals surface area contributed by atoms with Crippen LogP contribution in [0.2, 0.25) is 0 Å². The Balaban J connectivity index is 3.31. The van der Waals surface area contributed by atoms with Gasteiger partial charge in [0.05, 0.1) is 22.0 Å². The third-order valence-electron chi connectivity index (χ3n) is 2.80. The van der Waals surface area contributed by atoms with Gasteiger partial charge in [-0.15, -0.1) is 0 Å². The number of carbonyl (C=O) groups excluding carboxylic acids is 1. The summed E-state index contributed by atoms with van der Waals surface area (Å²) in [7, 11) is -4.18. The van der Waals surface area contributed by atoms with Crippen molar-refractivity contribution in [3.63, 3.8) is 0 Å². The van der Waals surface area contributed by atoms with E-state index in [2.05, 4.69) is 0 Å². The van der Waals surface area contributed by atoms with E-state index in [1.54, 1.807) is 0 Å². The zero-order valence-corrected chi connectivity index (χ0v) is 12.5. The number of rotatable bonds is 6. The van der Waals surface area contributed by atoms with Crippen molar-refractivity contribution in [2.45, 2.75) is 31.6 Å². The summed E-state index contributed by atoms with van der Waals surface area (Å²) in [6, 6.07) is 1.98. The maximum absolute atomic E-state index is 11.8. The van der Waals surface area contributed by atoms with Crippen LogP contribution in [0.5, 0.6) is 0 Å². The van der Waals surface area contributed by atoms with Crippen LogP contribution in [0.25, 0.3) is 0 Å². The lowest BCUT2D eigenvalue weighted by molar-refractivity contribution is -0.385.